The van der Waals surface area contributed by atoms with Crippen molar-refractivity contribution < 1.29 is 8.42 Å². The van der Waals surface area contributed by atoms with Crippen LogP contribution < -0.4 is 10.5 Å². The van der Waals surface area contributed by atoms with Crippen LogP contribution in [0.1, 0.15) is 10.4 Å². The maximum Gasteiger partial charge on any atom is 0.242 e. The molecule has 8 heteroatoms. The summed E-state index contributed by atoms with van der Waals surface area (Å²) < 4.78 is 28.0. The number of rotatable bonds is 5. The third-order valence-corrected chi connectivity index (χ3v) is 6.16. The fraction of sp³-hybridized carbons (Fsp3) is 0.167. The van der Waals surface area contributed by atoms with E-state index in [2.05, 4.69) is 20.7 Å². The molecule has 0 bridgehead atoms. The molecule has 4 nitrogen and oxygen atoms in total. The van der Waals surface area contributed by atoms with Gasteiger partial charge in [0, 0.05) is 27.8 Å². The van der Waals surface area contributed by atoms with Gasteiger partial charge in [0.2, 0.25) is 10.0 Å². The normalized spacial score (nSPS) is 11.8. The molecule has 1 heterocycles. The van der Waals surface area contributed by atoms with Crippen LogP contribution in [0.25, 0.3) is 0 Å². The van der Waals surface area contributed by atoms with E-state index in [1.165, 1.54) is 17.4 Å². The van der Waals surface area contributed by atoms with Crippen molar-refractivity contribution in [1.29, 1.82) is 0 Å². The van der Waals surface area contributed by atoms with Crippen LogP contribution in [0, 0.1) is 0 Å². The van der Waals surface area contributed by atoms with Crippen molar-refractivity contribution in [2.45, 2.75) is 18.0 Å². The van der Waals surface area contributed by atoms with E-state index in [1.54, 1.807) is 12.1 Å². The molecule has 2 rings (SSSR count). The molecule has 0 saturated heterocycles. The minimum absolute atomic E-state index is 0.0535. The first-order valence-corrected chi connectivity index (χ1v) is 9.17. The molecule has 0 aliphatic carbocycles. The highest BCUT2D eigenvalue weighted by molar-refractivity contribution is 9.10. The van der Waals surface area contributed by atoms with Gasteiger partial charge >= 0.3 is 0 Å². The summed E-state index contributed by atoms with van der Waals surface area (Å²) in [5.41, 5.74) is 6.23. The average molecular weight is 396 g/mol. The molecule has 108 valence electrons. The Hall–Kier alpha value is -0.440. The van der Waals surface area contributed by atoms with Crippen LogP contribution in [0.15, 0.2) is 39.0 Å². The molecule has 3 N–H and O–H groups in total. The van der Waals surface area contributed by atoms with E-state index >= 15 is 0 Å². The SMILES string of the molecule is NCc1ccc(Cl)c(S(=O)(=O)NCc2cc(Br)cs2)c1. The second-order valence-corrected chi connectivity index (χ2v) is 8.08. The number of nitrogens with one attached hydrogen (secondary N) is 1. The second-order valence-electron chi connectivity index (χ2n) is 4.02. The molecule has 0 unspecified atom stereocenters. The molecular weight excluding hydrogens is 384 g/mol. The minimum Gasteiger partial charge on any atom is -0.326 e. The van der Waals surface area contributed by atoms with Crippen molar-refractivity contribution in [2.75, 3.05) is 0 Å². The maximum absolute atomic E-state index is 12.3. The third kappa shape index (κ3) is 3.81. The summed E-state index contributed by atoms with van der Waals surface area (Å²) in [6.45, 7) is 0.485. The van der Waals surface area contributed by atoms with Crippen molar-refractivity contribution in [3.63, 3.8) is 0 Å². The highest BCUT2D eigenvalue weighted by Gasteiger charge is 2.18. The standard InChI is InChI=1S/C12H12BrClN2O2S2/c13-9-4-10(19-7-9)6-16-20(17,18)12-3-8(5-15)1-2-11(12)14/h1-4,7,16H,5-6,15H2. The second kappa shape index (κ2) is 6.55. The molecule has 0 amide bonds. The van der Waals surface area contributed by atoms with Gasteiger partial charge in [-0.3, -0.25) is 0 Å². The fourth-order valence-corrected chi connectivity index (χ4v) is 4.61. The van der Waals surface area contributed by atoms with E-state index < -0.39 is 10.0 Å². The minimum atomic E-state index is -3.66. The van der Waals surface area contributed by atoms with Gasteiger partial charge in [0.1, 0.15) is 4.90 Å². The van der Waals surface area contributed by atoms with Gasteiger partial charge in [0.15, 0.2) is 0 Å². The van der Waals surface area contributed by atoms with E-state index in [0.29, 0.717) is 5.56 Å². The molecule has 1 aromatic carbocycles. The Morgan fingerprint density at radius 3 is 2.70 bits per heavy atom. The first kappa shape index (κ1) is 15.9. The number of benzene rings is 1. The molecule has 2 aromatic rings. The Bertz CT molecular complexity index is 716. The van der Waals surface area contributed by atoms with Crippen molar-refractivity contribution in [1.82, 2.24) is 4.72 Å². The summed E-state index contributed by atoms with van der Waals surface area (Å²) in [5.74, 6) is 0. The number of hydrogen-bond acceptors (Lipinski definition) is 4. The quantitative estimate of drug-likeness (QED) is 0.817. The van der Waals surface area contributed by atoms with Crippen LogP contribution in [0.5, 0.6) is 0 Å². The van der Waals surface area contributed by atoms with Crippen molar-refractivity contribution in [3.8, 4) is 0 Å². The summed E-state index contributed by atoms with van der Waals surface area (Å²) >= 11 is 10.8. The molecule has 20 heavy (non-hydrogen) atoms. The molecule has 1 aromatic heterocycles. The van der Waals surface area contributed by atoms with Crippen molar-refractivity contribution >= 4 is 48.9 Å². The first-order chi connectivity index (χ1) is 9.42. The lowest BCUT2D eigenvalue weighted by atomic mass is 10.2. The predicted octanol–water partition coefficient (Wildman–Crippen LogP) is 3.10. The van der Waals surface area contributed by atoms with Gasteiger partial charge in [-0.25, -0.2) is 13.1 Å². The lowest BCUT2D eigenvalue weighted by Gasteiger charge is -2.09. The van der Waals surface area contributed by atoms with E-state index in [-0.39, 0.29) is 23.0 Å². The Morgan fingerprint density at radius 1 is 1.35 bits per heavy atom. The number of hydrogen-bond donors (Lipinski definition) is 2. The van der Waals surface area contributed by atoms with E-state index in [1.807, 2.05) is 11.4 Å². The monoisotopic (exact) mass is 394 g/mol. The summed E-state index contributed by atoms with van der Waals surface area (Å²) in [4.78, 5) is 0.962. The van der Waals surface area contributed by atoms with Gasteiger partial charge in [0.25, 0.3) is 0 Å². The number of thiophene rings is 1. The molecular formula is C12H12BrClN2O2S2. The summed E-state index contributed by atoms with van der Waals surface area (Å²) in [6, 6.07) is 6.61. The Kier molecular flexibility index (Phi) is 5.22. The van der Waals surface area contributed by atoms with Crippen LogP contribution in [0.4, 0.5) is 0 Å². The fourth-order valence-electron chi connectivity index (χ4n) is 1.57. The lowest BCUT2D eigenvalue weighted by molar-refractivity contribution is 0.581. The first-order valence-electron chi connectivity index (χ1n) is 5.63. The van der Waals surface area contributed by atoms with Crippen LogP contribution >= 0.6 is 38.9 Å². The highest BCUT2D eigenvalue weighted by Crippen LogP contribution is 2.24. The number of nitrogens with two attached hydrogens (primary N) is 1. The van der Waals surface area contributed by atoms with Gasteiger partial charge in [0.05, 0.1) is 5.02 Å². The average Bonchev–Trinajstić information content (AvgIpc) is 2.83. The molecule has 0 aliphatic heterocycles. The van der Waals surface area contributed by atoms with Crippen LogP contribution in [-0.4, -0.2) is 8.42 Å². The Balaban J connectivity index is 2.21. The van der Waals surface area contributed by atoms with Gasteiger partial charge in [-0.1, -0.05) is 17.7 Å². The molecule has 0 saturated carbocycles. The molecule has 0 spiro atoms. The van der Waals surface area contributed by atoms with Crippen molar-refractivity contribution in [2.24, 2.45) is 5.73 Å². The van der Waals surface area contributed by atoms with Gasteiger partial charge in [-0.15, -0.1) is 11.3 Å². The smallest absolute Gasteiger partial charge is 0.242 e. The number of halogens is 2. The van der Waals surface area contributed by atoms with Crippen LogP contribution in [0.3, 0.4) is 0 Å². The Labute approximate surface area is 135 Å². The lowest BCUT2D eigenvalue weighted by Crippen LogP contribution is -2.23. The zero-order valence-corrected chi connectivity index (χ0v) is 14.2. The third-order valence-electron chi connectivity index (χ3n) is 2.58. The molecule has 0 aliphatic rings. The molecule has 0 fully saturated rings. The topological polar surface area (TPSA) is 72.2 Å². The Morgan fingerprint density at radius 2 is 2.10 bits per heavy atom. The zero-order chi connectivity index (χ0) is 14.8. The summed E-state index contributed by atoms with van der Waals surface area (Å²) in [6.07, 6.45) is 0. The molecule has 0 radical (unpaired) electrons. The predicted molar refractivity (Wildman–Crippen MR) is 85.4 cm³/mol. The summed E-state index contributed by atoms with van der Waals surface area (Å²) in [5, 5.41) is 2.08. The summed E-state index contributed by atoms with van der Waals surface area (Å²) in [7, 11) is -3.66. The van der Waals surface area contributed by atoms with Gasteiger partial charge < -0.3 is 5.73 Å². The van der Waals surface area contributed by atoms with Gasteiger partial charge in [-0.2, -0.15) is 0 Å². The van der Waals surface area contributed by atoms with E-state index in [4.69, 9.17) is 17.3 Å². The molecule has 0 atom stereocenters. The highest BCUT2D eigenvalue weighted by atomic mass is 79.9. The van der Waals surface area contributed by atoms with Gasteiger partial charge in [-0.05, 0) is 39.7 Å². The zero-order valence-electron chi connectivity index (χ0n) is 10.3. The largest absolute Gasteiger partial charge is 0.326 e. The van der Waals surface area contributed by atoms with Crippen LogP contribution in [-0.2, 0) is 23.1 Å². The number of sulfonamides is 1. The van der Waals surface area contributed by atoms with Crippen LogP contribution in [0.2, 0.25) is 5.02 Å². The van der Waals surface area contributed by atoms with Crippen molar-refractivity contribution in [3.05, 3.63) is 49.6 Å². The van der Waals surface area contributed by atoms with E-state index in [9.17, 15) is 8.42 Å². The maximum atomic E-state index is 12.3. The van der Waals surface area contributed by atoms with E-state index in [0.717, 1.165) is 9.35 Å².